The van der Waals surface area contributed by atoms with Gasteiger partial charge in [-0.1, -0.05) is 25.2 Å². The summed E-state index contributed by atoms with van der Waals surface area (Å²) in [4.78, 5) is 25.3. The number of amides is 1. The molecule has 0 unspecified atom stereocenters. The Kier molecular flexibility index (Phi) is 4.93. The molecule has 0 atom stereocenters. The summed E-state index contributed by atoms with van der Waals surface area (Å²) in [6, 6.07) is 0. The van der Waals surface area contributed by atoms with Gasteiger partial charge in [0.2, 0.25) is 5.91 Å². The fraction of sp³-hybridized carbons (Fsp3) is 0.667. The normalized spacial score (nSPS) is 10.9. The van der Waals surface area contributed by atoms with Crippen molar-refractivity contribution in [1.82, 2.24) is 9.47 Å². The number of carbonyl (C=O) groups is 1. The first kappa shape index (κ1) is 14.0. The second kappa shape index (κ2) is 6.00. The molecule has 1 rings (SSSR count). The van der Waals surface area contributed by atoms with Gasteiger partial charge in [0.1, 0.15) is 6.54 Å². The van der Waals surface area contributed by atoms with Crippen molar-refractivity contribution in [3.8, 4) is 0 Å². The van der Waals surface area contributed by atoms with Crippen LogP contribution in [0.5, 0.6) is 0 Å². The maximum Gasteiger partial charge on any atom is 0.307 e. The lowest BCUT2D eigenvalue weighted by Crippen LogP contribution is -2.38. The van der Waals surface area contributed by atoms with Crippen LogP contribution in [-0.2, 0) is 11.3 Å². The molecule has 0 aliphatic heterocycles. The van der Waals surface area contributed by atoms with E-state index in [1.807, 2.05) is 13.8 Å². The highest BCUT2D eigenvalue weighted by molar-refractivity contribution is 7.07. The van der Waals surface area contributed by atoms with Crippen LogP contribution in [0.2, 0.25) is 0 Å². The lowest BCUT2D eigenvalue weighted by atomic mass is 10.2. The van der Waals surface area contributed by atoms with Crippen LogP contribution in [0.3, 0.4) is 0 Å². The minimum absolute atomic E-state index is 0.0183. The van der Waals surface area contributed by atoms with Crippen molar-refractivity contribution in [2.24, 2.45) is 5.92 Å². The van der Waals surface area contributed by atoms with Gasteiger partial charge in [-0.3, -0.25) is 14.2 Å². The molecule has 0 aliphatic rings. The van der Waals surface area contributed by atoms with Crippen molar-refractivity contribution in [1.29, 1.82) is 0 Å². The summed E-state index contributed by atoms with van der Waals surface area (Å²) >= 11 is 1.14. The van der Waals surface area contributed by atoms with E-state index in [9.17, 15) is 9.59 Å². The Balaban J connectivity index is 2.74. The number of hydrogen-bond acceptors (Lipinski definition) is 3. The van der Waals surface area contributed by atoms with Crippen molar-refractivity contribution in [2.75, 3.05) is 13.1 Å². The van der Waals surface area contributed by atoms with Crippen LogP contribution in [0.1, 0.15) is 26.5 Å². The van der Waals surface area contributed by atoms with Crippen molar-refractivity contribution in [3.63, 3.8) is 0 Å². The molecule has 1 aromatic rings. The molecule has 4 nitrogen and oxygen atoms in total. The van der Waals surface area contributed by atoms with Crippen LogP contribution in [-0.4, -0.2) is 28.5 Å². The summed E-state index contributed by atoms with van der Waals surface area (Å²) in [5, 5.41) is 1.79. The van der Waals surface area contributed by atoms with Gasteiger partial charge in [0, 0.05) is 24.2 Å². The maximum atomic E-state index is 12.1. The van der Waals surface area contributed by atoms with E-state index in [0.29, 0.717) is 12.5 Å². The SMILES string of the molecule is CCN(CC(C)C)C(=O)Cn1c(C)csc1=O. The van der Waals surface area contributed by atoms with Crippen LogP contribution in [0.4, 0.5) is 0 Å². The van der Waals surface area contributed by atoms with Crippen molar-refractivity contribution in [2.45, 2.75) is 34.2 Å². The summed E-state index contributed by atoms with van der Waals surface area (Å²) in [6.07, 6.45) is 0. The van der Waals surface area contributed by atoms with Crippen LogP contribution < -0.4 is 4.87 Å². The highest BCUT2D eigenvalue weighted by atomic mass is 32.1. The van der Waals surface area contributed by atoms with Gasteiger partial charge in [0.15, 0.2) is 0 Å². The number of aryl methyl sites for hydroxylation is 1. The van der Waals surface area contributed by atoms with Gasteiger partial charge in [-0.05, 0) is 19.8 Å². The molecule has 0 fully saturated rings. The van der Waals surface area contributed by atoms with E-state index in [4.69, 9.17) is 0 Å². The second-order valence-electron chi connectivity index (χ2n) is 4.56. The monoisotopic (exact) mass is 256 g/mol. The average molecular weight is 256 g/mol. The Bertz CT molecular complexity index is 434. The minimum atomic E-state index is -0.0588. The van der Waals surface area contributed by atoms with E-state index in [0.717, 1.165) is 23.6 Å². The van der Waals surface area contributed by atoms with Gasteiger partial charge < -0.3 is 4.90 Å². The number of nitrogens with zero attached hydrogens (tertiary/aromatic N) is 2. The lowest BCUT2D eigenvalue weighted by Gasteiger charge is -2.23. The van der Waals surface area contributed by atoms with Gasteiger partial charge in [-0.15, -0.1) is 0 Å². The first-order chi connectivity index (χ1) is 7.95. The van der Waals surface area contributed by atoms with Gasteiger partial charge in [-0.2, -0.15) is 0 Å². The third-order valence-corrected chi connectivity index (χ3v) is 3.47. The second-order valence-corrected chi connectivity index (χ2v) is 5.38. The summed E-state index contributed by atoms with van der Waals surface area (Å²) in [5.74, 6) is 0.462. The Labute approximate surface area is 106 Å². The van der Waals surface area contributed by atoms with Crippen molar-refractivity contribution in [3.05, 3.63) is 20.7 Å². The fourth-order valence-corrected chi connectivity index (χ4v) is 2.41. The molecule has 1 heterocycles. The maximum absolute atomic E-state index is 12.1. The zero-order chi connectivity index (χ0) is 13.0. The summed E-state index contributed by atoms with van der Waals surface area (Å²) < 4.78 is 1.54. The van der Waals surface area contributed by atoms with Crippen LogP contribution in [0.15, 0.2) is 10.2 Å². The molecule has 0 saturated heterocycles. The molecule has 96 valence electrons. The third-order valence-electron chi connectivity index (χ3n) is 2.59. The molecule has 1 aromatic heterocycles. The number of likely N-dealkylation sites (N-methyl/N-ethyl adjacent to an activating group) is 1. The largest absolute Gasteiger partial charge is 0.341 e. The summed E-state index contributed by atoms with van der Waals surface area (Å²) in [7, 11) is 0. The number of carbonyl (C=O) groups excluding carboxylic acids is 1. The van der Waals surface area contributed by atoms with Gasteiger partial charge >= 0.3 is 4.87 Å². The van der Waals surface area contributed by atoms with Gasteiger partial charge in [0.25, 0.3) is 0 Å². The molecule has 0 spiro atoms. The van der Waals surface area contributed by atoms with E-state index >= 15 is 0 Å². The molecule has 5 heteroatoms. The zero-order valence-electron chi connectivity index (χ0n) is 10.9. The van der Waals surface area contributed by atoms with E-state index in [2.05, 4.69) is 13.8 Å². The van der Waals surface area contributed by atoms with Crippen molar-refractivity contribution >= 4 is 17.2 Å². The topological polar surface area (TPSA) is 42.3 Å². The van der Waals surface area contributed by atoms with E-state index in [1.165, 1.54) is 4.57 Å². The smallest absolute Gasteiger partial charge is 0.307 e. The zero-order valence-corrected chi connectivity index (χ0v) is 11.7. The predicted octanol–water partition coefficient (Wildman–Crippen LogP) is 1.72. The number of rotatable bonds is 5. The molecule has 1 amide bonds. The van der Waals surface area contributed by atoms with E-state index < -0.39 is 0 Å². The molecule has 0 bridgehead atoms. The fourth-order valence-electron chi connectivity index (χ4n) is 1.68. The van der Waals surface area contributed by atoms with Gasteiger partial charge in [0.05, 0.1) is 0 Å². The molecule has 0 radical (unpaired) electrons. The Hall–Kier alpha value is -1.10. The Morgan fingerprint density at radius 3 is 2.59 bits per heavy atom. The standard InChI is InChI=1S/C12H20N2O2S/c1-5-13(6-9(2)3)11(15)7-14-10(4)8-17-12(14)16/h8-9H,5-7H2,1-4H3. The minimum Gasteiger partial charge on any atom is -0.341 e. The molecule has 0 aromatic carbocycles. The van der Waals surface area contributed by atoms with Crippen LogP contribution >= 0.6 is 11.3 Å². The molecule has 0 saturated carbocycles. The average Bonchev–Trinajstić information content (AvgIpc) is 2.57. The Morgan fingerprint density at radius 1 is 1.53 bits per heavy atom. The summed E-state index contributed by atoms with van der Waals surface area (Å²) in [6.45, 7) is 9.57. The predicted molar refractivity (Wildman–Crippen MR) is 70.4 cm³/mol. The molecule has 0 N–H and O–H groups in total. The quantitative estimate of drug-likeness (QED) is 0.805. The highest BCUT2D eigenvalue weighted by Gasteiger charge is 2.15. The van der Waals surface area contributed by atoms with Gasteiger partial charge in [-0.25, -0.2) is 0 Å². The number of aromatic nitrogens is 1. The molecule has 17 heavy (non-hydrogen) atoms. The van der Waals surface area contributed by atoms with Crippen LogP contribution in [0.25, 0.3) is 0 Å². The van der Waals surface area contributed by atoms with E-state index in [-0.39, 0.29) is 17.3 Å². The third kappa shape index (κ3) is 3.70. The first-order valence-corrected chi connectivity index (χ1v) is 6.76. The number of hydrogen-bond donors (Lipinski definition) is 0. The highest BCUT2D eigenvalue weighted by Crippen LogP contribution is 2.03. The van der Waals surface area contributed by atoms with Crippen LogP contribution in [0, 0.1) is 12.8 Å². The first-order valence-electron chi connectivity index (χ1n) is 5.88. The molecular formula is C12H20N2O2S. The molecule has 0 aliphatic carbocycles. The summed E-state index contributed by atoms with van der Waals surface area (Å²) in [5.41, 5.74) is 0.856. The number of thiazole rings is 1. The Morgan fingerprint density at radius 2 is 2.18 bits per heavy atom. The van der Waals surface area contributed by atoms with E-state index in [1.54, 1.807) is 10.3 Å². The molecular weight excluding hydrogens is 236 g/mol. The lowest BCUT2D eigenvalue weighted by molar-refractivity contribution is -0.132. The van der Waals surface area contributed by atoms with Crippen molar-refractivity contribution < 1.29 is 4.79 Å².